The average Bonchev–Trinajstić information content (AvgIpc) is 3.17. The predicted molar refractivity (Wildman–Crippen MR) is 107 cm³/mol. The molecule has 6 heteroatoms. The molecule has 0 bridgehead atoms. The van der Waals surface area contributed by atoms with Gasteiger partial charge in [0.15, 0.2) is 0 Å². The zero-order valence-corrected chi connectivity index (χ0v) is 16.5. The first-order chi connectivity index (χ1) is 13.5. The van der Waals surface area contributed by atoms with Gasteiger partial charge in [0.2, 0.25) is 17.7 Å². The number of aromatic nitrogens is 2. The average molecular weight is 379 g/mol. The van der Waals surface area contributed by atoms with Gasteiger partial charge in [0.1, 0.15) is 5.75 Å². The molecule has 146 valence electrons. The van der Waals surface area contributed by atoms with Gasteiger partial charge in [0, 0.05) is 32.0 Å². The zero-order chi connectivity index (χ0) is 19.9. The van der Waals surface area contributed by atoms with Gasteiger partial charge in [-0.1, -0.05) is 29.8 Å². The molecule has 0 spiro atoms. The number of nitrogens with zero attached hydrogens (tertiary/aromatic N) is 3. The van der Waals surface area contributed by atoms with Gasteiger partial charge in [0.25, 0.3) is 0 Å². The van der Waals surface area contributed by atoms with Crippen molar-refractivity contribution in [3.05, 3.63) is 65.5 Å². The van der Waals surface area contributed by atoms with Crippen molar-refractivity contribution in [3.63, 3.8) is 0 Å². The fourth-order valence-corrected chi connectivity index (χ4v) is 2.79. The molecule has 0 N–H and O–H groups in total. The van der Waals surface area contributed by atoms with Crippen LogP contribution in [0.4, 0.5) is 0 Å². The Morgan fingerprint density at radius 1 is 1.07 bits per heavy atom. The summed E-state index contributed by atoms with van der Waals surface area (Å²) < 4.78 is 11.1. The van der Waals surface area contributed by atoms with Crippen LogP contribution in [0.25, 0.3) is 11.5 Å². The van der Waals surface area contributed by atoms with E-state index in [-0.39, 0.29) is 5.91 Å². The van der Waals surface area contributed by atoms with Crippen LogP contribution in [-0.4, -0.2) is 34.7 Å². The highest BCUT2D eigenvalue weighted by Gasteiger charge is 2.13. The second kappa shape index (κ2) is 9.17. The Kier molecular flexibility index (Phi) is 6.42. The van der Waals surface area contributed by atoms with Crippen molar-refractivity contribution in [2.45, 2.75) is 33.2 Å². The summed E-state index contributed by atoms with van der Waals surface area (Å²) in [7, 11) is 1.80. The summed E-state index contributed by atoms with van der Waals surface area (Å²) >= 11 is 0. The van der Waals surface area contributed by atoms with Crippen LogP contribution in [0.1, 0.15) is 30.4 Å². The second-order valence-electron chi connectivity index (χ2n) is 6.69. The van der Waals surface area contributed by atoms with Gasteiger partial charge in [-0.3, -0.25) is 4.79 Å². The first-order valence-corrected chi connectivity index (χ1v) is 9.40. The molecule has 0 aliphatic carbocycles. The Morgan fingerprint density at radius 2 is 1.79 bits per heavy atom. The lowest BCUT2D eigenvalue weighted by molar-refractivity contribution is -0.130. The molecule has 6 nitrogen and oxygen atoms in total. The van der Waals surface area contributed by atoms with Gasteiger partial charge >= 0.3 is 0 Å². The van der Waals surface area contributed by atoms with Crippen molar-refractivity contribution in [2.75, 3.05) is 13.7 Å². The molecule has 1 aromatic heterocycles. The Hall–Kier alpha value is -3.15. The van der Waals surface area contributed by atoms with Crippen molar-refractivity contribution in [1.82, 2.24) is 15.1 Å². The summed E-state index contributed by atoms with van der Waals surface area (Å²) in [6.07, 6.45) is 0.744. The topological polar surface area (TPSA) is 68.5 Å². The zero-order valence-electron chi connectivity index (χ0n) is 16.5. The standard InChI is InChI=1S/C22H25N3O3/c1-4-27-19-11-7-17(8-12-19)15-25(3)21(26)14-13-20-23-24-22(28-20)18-9-5-16(2)6-10-18/h5-12H,4,13-15H2,1-3H3. The van der Waals surface area contributed by atoms with E-state index in [0.717, 1.165) is 16.9 Å². The highest BCUT2D eigenvalue weighted by atomic mass is 16.5. The predicted octanol–water partition coefficient (Wildman–Crippen LogP) is 4.03. The lowest BCUT2D eigenvalue weighted by Gasteiger charge is -2.17. The van der Waals surface area contributed by atoms with Crippen LogP contribution < -0.4 is 4.74 Å². The monoisotopic (exact) mass is 379 g/mol. The lowest BCUT2D eigenvalue weighted by atomic mass is 10.1. The van der Waals surface area contributed by atoms with Crippen LogP contribution in [-0.2, 0) is 17.8 Å². The van der Waals surface area contributed by atoms with Crippen LogP contribution in [0.15, 0.2) is 52.9 Å². The van der Waals surface area contributed by atoms with E-state index in [1.165, 1.54) is 5.56 Å². The summed E-state index contributed by atoms with van der Waals surface area (Å²) in [6, 6.07) is 15.7. The molecule has 0 aliphatic rings. The van der Waals surface area contributed by atoms with E-state index in [0.29, 0.717) is 37.8 Å². The molecule has 0 atom stereocenters. The van der Waals surface area contributed by atoms with E-state index >= 15 is 0 Å². The molecule has 1 heterocycles. The number of hydrogen-bond donors (Lipinski definition) is 0. The fourth-order valence-electron chi connectivity index (χ4n) is 2.79. The van der Waals surface area contributed by atoms with E-state index < -0.39 is 0 Å². The molecular formula is C22H25N3O3. The van der Waals surface area contributed by atoms with E-state index in [4.69, 9.17) is 9.15 Å². The second-order valence-corrected chi connectivity index (χ2v) is 6.69. The van der Waals surface area contributed by atoms with Crippen molar-refractivity contribution in [2.24, 2.45) is 0 Å². The number of carbonyl (C=O) groups is 1. The number of carbonyl (C=O) groups excluding carboxylic acids is 1. The number of rotatable bonds is 8. The third-order valence-corrected chi connectivity index (χ3v) is 4.40. The van der Waals surface area contributed by atoms with Crippen molar-refractivity contribution >= 4 is 5.91 Å². The molecule has 0 saturated heterocycles. The van der Waals surface area contributed by atoms with Crippen molar-refractivity contribution in [1.29, 1.82) is 0 Å². The maximum Gasteiger partial charge on any atom is 0.247 e. The van der Waals surface area contributed by atoms with Gasteiger partial charge < -0.3 is 14.1 Å². The SMILES string of the molecule is CCOc1ccc(CN(C)C(=O)CCc2nnc(-c3ccc(C)cc3)o2)cc1. The van der Waals surface area contributed by atoms with Gasteiger partial charge in [-0.2, -0.15) is 0 Å². The molecule has 3 rings (SSSR count). The summed E-state index contributed by atoms with van der Waals surface area (Å²) in [5, 5.41) is 8.13. The maximum atomic E-state index is 12.4. The molecule has 0 aliphatic heterocycles. The summed E-state index contributed by atoms with van der Waals surface area (Å²) in [4.78, 5) is 14.1. The van der Waals surface area contributed by atoms with Gasteiger partial charge in [-0.25, -0.2) is 0 Å². The summed E-state index contributed by atoms with van der Waals surface area (Å²) in [6.45, 7) is 5.16. The number of amides is 1. The van der Waals surface area contributed by atoms with Crippen molar-refractivity contribution < 1.29 is 13.9 Å². The van der Waals surface area contributed by atoms with Crippen LogP contribution in [0, 0.1) is 6.92 Å². The first-order valence-electron chi connectivity index (χ1n) is 9.40. The molecule has 0 saturated carbocycles. The molecule has 0 fully saturated rings. The number of aryl methyl sites for hydroxylation is 2. The Labute approximate surface area is 165 Å². The fraction of sp³-hybridized carbons (Fsp3) is 0.318. The normalized spacial score (nSPS) is 10.7. The number of benzene rings is 2. The lowest BCUT2D eigenvalue weighted by Crippen LogP contribution is -2.26. The van der Waals surface area contributed by atoms with Gasteiger partial charge in [-0.15, -0.1) is 10.2 Å². The van der Waals surface area contributed by atoms with Crippen LogP contribution >= 0.6 is 0 Å². The molecule has 1 amide bonds. The third-order valence-electron chi connectivity index (χ3n) is 4.40. The first kappa shape index (κ1) is 19.6. The Balaban J connectivity index is 1.51. The highest BCUT2D eigenvalue weighted by Crippen LogP contribution is 2.19. The quantitative estimate of drug-likeness (QED) is 0.591. The minimum absolute atomic E-state index is 0.0315. The molecule has 2 aromatic carbocycles. The van der Waals surface area contributed by atoms with Crippen molar-refractivity contribution in [3.8, 4) is 17.2 Å². The molecule has 0 radical (unpaired) electrons. The van der Waals surface area contributed by atoms with E-state index in [2.05, 4.69) is 10.2 Å². The summed E-state index contributed by atoms with van der Waals surface area (Å²) in [5.41, 5.74) is 3.10. The Bertz CT molecular complexity index is 902. The van der Waals surface area contributed by atoms with E-state index in [9.17, 15) is 4.79 Å². The van der Waals surface area contributed by atoms with E-state index in [1.807, 2.05) is 62.4 Å². The van der Waals surface area contributed by atoms with E-state index in [1.54, 1.807) is 11.9 Å². The molecule has 3 aromatic rings. The van der Waals surface area contributed by atoms with Crippen LogP contribution in [0.2, 0.25) is 0 Å². The minimum atomic E-state index is 0.0315. The number of ether oxygens (including phenoxy) is 1. The Morgan fingerprint density at radius 3 is 2.46 bits per heavy atom. The van der Waals surface area contributed by atoms with Gasteiger partial charge in [0.05, 0.1) is 6.61 Å². The maximum absolute atomic E-state index is 12.4. The van der Waals surface area contributed by atoms with Crippen LogP contribution in [0.5, 0.6) is 5.75 Å². The molecule has 28 heavy (non-hydrogen) atoms. The molecule has 0 unspecified atom stereocenters. The molecular weight excluding hydrogens is 354 g/mol. The van der Waals surface area contributed by atoms with Crippen LogP contribution in [0.3, 0.4) is 0 Å². The smallest absolute Gasteiger partial charge is 0.247 e. The van der Waals surface area contributed by atoms with Gasteiger partial charge in [-0.05, 0) is 43.7 Å². The largest absolute Gasteiger partial charge is 0.494 e. The summed E-state index contributed by atoms with van der Waals surface area (Å²) in [5.74, 6) is 1.81. The number of hydrogen-bond acceptors (Lipinski definition) is 5. The minimum Gasteiger partial charge on any atom is -0.494 e. The third kappa shape index (κ3) is 5.19. The highest BCUT2D eigenvalue weighted by molar-refractivity contribution is 5.76.